The van der Waals surface area contributed by atoms with Crippen molar-refractivity contribution in [1.29, 1.82) is 0 Å². The molecule has 0 saturated heterocycles. The lowest BCUT2D eigenvalue weighted by molar-refractivity contribution is -0.384. The van der Waals surface area contributed by atoms with E-state index >= 15 is 0 Å². The van der Waals surface area contributed by atoms with Crippen molar-refractivity contribution in [3.05, 3.63) is 45.5 Å². The lowest BCUT2D eigenvalue weighted by atomic mass is 10.1. The Bertz CT molecular complexity index is 396. The molecule has 14 heavy (non-hydrogen) atoms. The summed E-state index contributed by atoms with van der Waals surface area (Å²) in [4.78, 5) is 20.3. The number of nitro groups is 1. The molecule has 0 amide bonds. The molecule has 0 aliphatic heterocycles. The minimum Gasteiger partial charge on any atom is -0.298 e. The van der Waals surface area contributed by atoms with Gasteiger partial charge in [0.05, 0.1) is 4.92 Å². The van der Waals surface area contributed by atoms with Crippen molar-refractivity contribution < 1.29 is 9.72 Å². The number of allylic oxidation sites excluding steroid dienone is 1. The van der Waals surface area contributed by atoms with Crippen molar-refractivity contribution in [2.45, 2.75) is 6.92 Å². The average molecular weight is 191 g/mol. The second-order valence-electron chi connectivity index (χ2n) is 2.86. The van der Waals surface area contributed by atoms with E-state index in [1.807, 2.05) is 0 Å². The Morgan fingerprint density at radius 3 is 2.79 bits per heavy atom. The zero-order valence-electron chi connectivity index (χ0n) is 7.64. The van der Waals surface area contributed by atoms with Crippen LogP contribution >= 0.6 is 0 Å². The molecule has 1 aromatic carbocycles. The third-order valence-electron chi connectivity index (χ3n) is 1.66. The van der Waals surface area contributed by atoms with Crippen LogP contribution in [0.1, 0.15) is 12.5 Å². The maximum absolute atomic E-state index is 10.4. The molecule has 4 nitrogen and oxygen atoms in total. The second kappa shape index (κ2) is 4.32. The largest absolute Gasteiger partial charge is 0.298 e. The Morgan fingerprint density at radius 1 is 1.50 bits per heavy atom. The minimum atomic E-state index is -0.465. The monoisotopic (exact) mass is 191 g/mol. The first-order valence-electron chi connectivity index (χ1n) is 4.01. The van der Waals surface area contributed by atoms with Crippen molar-refractivity contribution in [3.8, 4) is 0 Å². The van der Waals surface area contributed by atoms with Crippen molar-refractivity contribution in [2.24, 2.45) is 0 Å². The van der Waals surface area contributed by atoms with Gasteiger partial charge in [-0.1, -0.05) is 12.1 Å². The number of aldehydes is 1. The van der Waals surface area contributed by atoms with Crippen LogP contribution in [0.15, 0.2) is 29.8 Å². The van der Waals surface area contributed by atoms with Gasteiger partial charge in [-0.15, -0.1) is 0 Å². The normalized spacial score (nSPS) is 11.1. The maximum atomic E-state index is 10.4. The van der Waals surface area contributed by atoms with Gasteiger partial charge >= 0.3 is 0 Å². The quantitative estimate of drug-likeness (QED) is 0.318. The molecule has 0 bridgehead atoms. The third kappa shape index (κ3) is 2.52. The summed E-state index contributed by atoms with van der Waals surface area (Å²) in [6.07, 6.45) is 2.30. The van der Waals surface area contributed by atoms with Gasteiger partial charge in [0.2, 0.25) is 0 Å². The maximum Gasteiger partial charge on any atom is 0.270 e. The molecule has 72 valence electrons. The lowest BCUT2D eigenvalue weighted by Gasteiger charge is -1.94. The van der Waals surface area contributed by atoms with E-state index < -0.39 is 4.92 Å². The molecule has 0 fully saturated rings. The zero-order valence-corrected chi connectivity index (χ0v) is 7.64. The highest BCUT2D eigenvalue weighted by molar-refractivity contribution is 5.80. The summed E-state index contributed by atoms with van der Waals surface area (Å²) in [5, 5.41) is 10.4. The van der Waals surface area contributed by atoms with Crippen LogP contribution in [0, 0.1) is 10.1 Å². The van der Waals surface area contributed by atoms with E-state index in [4.69, 9.17) is 0 Å². The summed E-state index contributed by atoms with van der Waals surface area (Å²) >= 11 is 0. The summed E-state index contributed by atoms with van der Waals surface area (Å²) in [6.45, 7) is 1.64. The fourth-order valence-electron chi connectivity index (χ4n) is 1.03. The smallest absolute Gasteiger partial charge is 0.270 e. The van der Waals surface area contributed by atoms with Crippen LogP contribution in [0.5, 0.6) is 0 Å². The van der Waals surface area contributed by atoms with E-state index in [1.54, 1.807) is 25.1 Å². The molecular formula is C10H9NO3. The Labute approximate surface area is 81.0 Å². The molecule has 0 heterocycles. The Morgan fingerprint density at radius 2 is 2.21 bits per heavy atom. The molecule has 0 radical (unpaired) electrons. The van der Waals surface area contributed by atoms with Crippen molar-refractivity contribution in [2.75, 3.05) is 0 Å². The van der Waals surface area contributed by atoms with Gasteiger partial charge in [0.25, 0.3) is 5.69 Å². The first-order valence-corrected chi connectivity index (χ1v) is 4.01. The summed E-state index contributed by atoms with van der Waals surface area (Å²) in [6, 6.07) is 6.13. The number of carbonyl (C=O) groups is 1. The summed E-state index contributed by atoms with van der Waals surface area (Å²) < 4.78 is 0. The Balaban J connectivity index is 3.06. The highest BCUT2D eigenvalue weighted by atomic mass is 16.6. The van der Waals surface area contributed by atoms with Crippen LogP contribution in [-0.2, 0) is 4.79 Å². The van der Waals surface area contributed by atoms with Gasteiger partial charge in [-0.2, -0.15) is 0 Å². The van der Waals surface area contributed by atoms with Gasteiger partial charge in [-0.25, -0.2) is 0 Å². The van der Waals surface area contributed by atoms with Crippen molar-refractivity contribution >= 4 is 18.0 Å². The number of benzene rings is 1. The summed E-state index contributed by atoms with van der Waals surface area (Å²) in [7, 11) is 0. The predicted octanol–water partition coefficient (Wildman–Crippen LogP) is 2.20. The standard InChI is InChI=1S/C10H9NO3/c1-8(7-12)5-9-3-2-4-10(6-9)11(13)14/h2-7H,1H3/b8-5+. The van der Waals surface area contributed by atoms with Crippen molar-refractivity contribution in [1.82, 2.24) is 0 Å². The van der Waals surface area contributed by atoms with E-state index in [-0.39, 0.29) is 5.69 Å². The number of non-ortho nitro benzene ring substituents is 1. The molecule has 0 saturated carbocycles. The number of nitrogens with zero attached hydrogens (tertiary/aromatic N) is 1. The summed E-state index contributed by atoms with van der Waals surface area (Å²) in [5.74, 6) is 0. The van der Waals surface area contributed by atoms with E-state index in [0.717, 1.165) is 0 Å². The van der Waals surface area contributed by atoms with Gasteiger partial charge < -0.3 is 0 Å². The fourth-order valence-corrected chi connectivity index (χ4v) is 1.03. The van der Waals surface area contributed by atoms with E-state index in [1.165, 1.54) is 12.1 Å². The highest BCUT2D eigenvalue weighted by Gasteiger charge is 2.03. The van der Waals surface area contributed by atoms with Gasteiger partial charge in [0.1, 0.15) is 6.29 Å². The topological polar surface area (TPSA) is 60.2 Å². The molecule has 0 N–H and O–H groups in total. The second-order valence-corrected chi connectivity index (χ2v) is 2.86. The molecule has 1 rings (SSSR count). The Kier molecular flexibility index (Phi) is 3.12. The minimum absolute atomic E-state index is 0.0254. The van der Waals surface area contributed by atoms with Crippen molar-refractivity contribution in [3.63, 3.8) is 0 Å². The lowest BCUT2D eigenvalue weighted by Crippen LogP contribution is -1.87. The number of rotatable bonds is 3. The SMILES string of the molecule is C/C(C=O)=C\c1cccc([N+](=O)[O-])c1. The van der Waals surface area contributed by atoms with Crippen LogP contribution in [0.4, 0.5) is 5.69 Å². The molecule has 0 atom stereocenters. The van der Waals surface area contributed by atoms with E-state index in [2.05, 4.69) is 0 Å². The number of nitro benzene ring substituents is 1. The third-order valence-corrected chi connectivity index (χ3v) is 1.66. The van der Waals surface area contributed by atoms with Crippen LogP contribution in [0.25, 0.3) is 6.08 Å². The van der Waals surface area contributed by atoms with Gasteiger partial charge in [0, 0.05) is 12.1 Å². The first-order chi connectivity index (χ1) is 6.63. The first kappa shape index (κ1) is 10.1. The van der Waals surface area contributed by atoms with Gasteiger partial charge in [0.15, 0.2) is 0 Å². The molecule has 0 unspecified atom stereocenters. The number of hydrogen-bond acceptors (Lipinski definition) is 3. The van der Waals surface area contributed by atoms with Crippen LogP contribution in [-0.4, -0.2) is 11.2 Å². The zero-order chi connectivity index (χ0) is 10.6. The molecular weight excluding hydrogens is 182 g/mol. The van der Waals surface area contributed by atoms with Crippen LogP contribution < -0.4 is 0 Å². The predicted molar refractivity (Wildman–Crippen MR) is 52.8 cm³/mol. The van der Waals surface area contributed by atoms with E-state index in [9.17, 15) is 14.9 Å². The molecule has 0 spiro atoms. The molecule has 0 aliphatic carbocycles. The molecule has 0 aromatic heterocycles. The fraction of sp³-hybridized carbons (Fsp3) is 0.100. The average Bonchev–Trinajstić information content (AvgIpc) is 2.18. The van der Waals surface area contributed by atoms with E-state index in [0.29, 0.717) is 17.4 Å². The van der Waals surface area contributed by atoms with Crippen LogP contribution in [0.3, 0.4) is 0 Å². The van der Waals surface area contributed by atoms with Crippen LogP contribution in [0.2, 0.25) is 0 Å². The molecule has 4 heteroatoms. The Hall–Kier alpha value is -1.97. The molecule has 1 aromatic rings. The highest BCUT2D eigenvalue weighted by Crippen LogP contribution is 2.14. The van der Waals surface area contributed by atoms with Gasteiger partial charge in [-0.3, -0.25) is 14.9 Å². The summed E-state index contributed by atoms with van der Waals surface area (Å²) in [5.41, 5.74) is 1.21. The molecule has 0 aliphatic rings. The number of carbonyl (C=O) groups excluding carboxylic acids is 1. The number of hydrogen-bond donors (Lipinski definition) is 0. The van der Waals surface area contributed by atoms with Gasteiger partial charge in [-0.05, 0) is 24.1 Å².